The van der Waals surface area contributed by atoms with Gasteiger partial charge in [-0.3, -0.25) is 4.79 Å². The van der Waals surface area contributed by atoms with Crippen LogP contribution in [0.4, 0.5) is 0 Å². The molecule has 2 aliphatic rings. The fourth-order valence-corrected chi connectivity index (χ4v) is 3.42. The van der Waals surface area contributed by atoms with Gasteiger partial charge >= 0.3 is 0 Å². The van der Waals surface area contributed by atoms with Crippen molar-refractivity contribution in [1.29, 1.82) is 0 Å². The number of hydrogen-bond donors (Lipinski definition) is 1. The van der Waals surface area contributed by atoms with Crippen molar-refractivity contribution >= 4 is 30.1 Å². The van der Waals surface area contributed by atoms with Gasteiger partial charge in [0.2, 0.25) is 5.91 Å². The molecule has 3 atom stereocenters. The van der Waals surface area contributed by atoms with Crippen LogP contribution in [0.25, 0.3) is 0 Å². The van der Waals surface area contributed by atoms with Crippen LogP contribution in [-0.4, -0.2) is 48.0 Å². The van der Waals surface area contributed by atoms with E-state index < -0.39 is 0 Å². The Balaban J connectivity index is 0.00000144. The van der Waals surface area contributed by atoms with E-state index in [4.69, 9.17) is 0 Å². The number of nitrogens with one attached hydrogen (secondary N) is 1. The molecular formula is C12H23ClN2OS. The summed E-state index contributed by atoms with van der Waals surface area (Å²) in [6, 6.07) is 1.22. The lowest BCUT2D eigenvalue weighted by Gasteiger charge is -2.27. The zero-order valence-corrected chi connectivity index (χ0v) is 12.3. The monoisotopic (exact) mass is 278 g/mol. The average Bonchev–Trinajstić information content (AvgIpc) is 2.58. The Morgan fingerprint density at radius 3 is 2.82 bits per heavy atom. The van der Waals surface area contributed by atoms with Gasteiger partial charge in [0.1, 0.15) is 0 Å². The third-order valence-electron chi connectivity index (χ3n) is 3.67. The van der Waals surface area contributed by atoms with Gasteiger partial charge in [0, 0.05) is 36.8 Å². The summed E-state index contributed by atoms with van der Waals surface area (Å²) in [5, 5.41) is 3.61. The molecule has 100 valence electrons. The summed E-state index contributed by atoms with van der Waals surface area (Å²) in [5.41, 5.74) is 0. The normalized spacial score (nSPS) is 29.4. The van der Waals surface area contributed by atoms with Gasteiger partial charge in [-0.25, -0.2) is 0 Å². The average molecular weight is 279 g/mol. The van der Waals surface area contributed by atoms with Crippen LogP contribution in [0.5, 0.6) is 0 Å². The molecule has 1 N–H and O–H groups in total. The molecule has 2 heterocycles. The van der Waals surface area contributed by atoms with E-state index in [9.17, 15) is 4.79 Å². The fourth-order valence-electron chi connectivity index (χ4n) is 2.78. The summed E-state index contributed by atoms with van der Waals surface area (Å²) in [6.45, 7) is 3.93. The summed E-state index contributed by atoms with van der Waals surface area (Å²) >= 11 is 1.76. The first kappa shape index (κ1) is 15.1. The minimum absolute atomic E-state index is 0. The Labute approximate surface area is 114 Å². The second-order valence-corrected chi connectivity index (χ2v) is 5.98. The van der Waals surface area contributed by atoms with Crippen LogP contribution < -0.4 is 5.32 Å². The topological polar surface area (TPSA) is 32.3 Å². The van der Waals surface area contributed by atoms with Crippen LogP contribution in [0.15, 0.2) is 0 Å². The van der Waals surface area contributed by atoms with Crippen molar-refractivity contribution in [3.05, 3.63) is 0 Å². The van der Waals surface area contributed by atoms with Crippen LogP contribution in [0.2, 0.25) is 0 Å². The van der Waals surface area contributed by atoms with Gasteiger partial charge in [-0.1, -0.05) is 6.92 Å². The lowest BCUT2D eigenvalue weighted by atomic mass is 10.1. The number of amides is 1. The SMILES string of the molecule is CSCC(C)C(=O)N1CCC2CCC(C1)N2.Cl. The molecule has 17 heavy (non-hydrogen) atoms. The molecule has 0 spiro atoms. The molecule has 0 radical (unpaired) electrons. The molecule has 5 heteroatoms. The van der Waals surface area contributed by atoms with Crippen LogP contribution >= 0.6 is 24.2 Å². The van der Waals surface area contributed by atoms with E-state index in [1.54, 1.807) is 11.8 Å². The maximum Gasteiger partial charge on any atom is 0.226 e. The molecule has 0 saturated carbocycles. The third kappa shape index (κ3) is 3.76. The number of halogens is 1. The molecule has 2 saturated heterocycles. The van der Waals surface area contributed by atoms with Crippen molar-refractivity contribution in [1.82, 2.24) is 10.2 Å². The Bertz CT molecular complexity index is 265. The van der Waals surface area contributed by atoms with E-state index in [-0.39, 0.29) is 18.3 Å². The predicted molar refractivity (Wildman–Crippen MR) is 75.9 cm³/mol. The highest BCUT2D eigenvalue weighted by molar-refractivity contribution is 7.98. The first-order valence-corrected chi connectivity index (χ1v) is 7.64. The second-order valence-electron chi connectivity index (χ2n) is 5.07. The number of thioether (sulfide) groups is 1. The van der Waals surface area contributed by atoms with Gasteiger partial charge in [0.25, 0.3) is 0 Å². The van der Waals surface area contributed by atoms with Crippen LogP contribution in [0.3, 0.4) is 0 Å². The van der Waals surface area contributed by atoms with Crippen LogP contribution in [-0.2, 0) is 4.79 Å². The highest BCUT2D eigenvalue weighted by Crippen LogP contribution is 2.21. The van der Waals surface area contributed by atoms with Crippen molar-refractivity contribution in [2.45, 2.75) is 38.3 Å². The summed E-state index contributed by atoms with van der Waals surface area (Å²) < 4.78 is 0. The fraction of sp³-hybridized carbons (Fsp3) is 0.917. The summed E-state index contributed by atoms with van der Waals surface area (Å²) in [5.74, 6) is 1.46. The quantitative estimate of drug-likeness (QED) is 0.854. The Morgan fingerprint density at radius 1 is 1.41 bits per heavy atom. The summed E-state index contributed by atoms with van der Waals surface area (Å²) in [6.07, 6.45) is 5.74. The number of nitrogens with zero attached hydrogens (tertiary/aromatic N) is 1. The van der Waals surface area contributed by atoms with Crippen molar-refractivity contribution in [2.24, 2.45) is 5.92 Å². The number of likely N-dealkylation sites (tertiary alicyclic amines) is 1. The van der Waals surface area contributed by atoms with Gasteiger partial charge in [0.05, 0.1) is 0 Å². The molecule has 2 rings (SSSR count). The summed E-state index contributed by atoms with van der Waals surface area (Å²) in [4.78, 5) is 14.3. The minimum Gasteiger partial charge on any atom is -0.341 e. The van der Waals surface area contributed by atoms with E-state index in [1.807, 2.05) is 0 Å². The molecule has 0 aromatic rings. The predicted octanol–water partition coefficient (Wildman–Crippen LogP) is 1.76. The molecule has 0 aromatic carbocycles. The van der Waals surface area contributed by atoms with E-state index in [2.05, 4.69) is 23.4 Å². The Hall–Kier alpha value is 0.0700. The van der Waals surface area contributed by atoms with E-state index in [0.717, 1.165) is 25.3 Å². The molecule has 2 fully saturated rings. The van der Waals surface area contributed by atoms with Gasteiger partial charge in [-0.15, -0.1) is 12.4 Å². The number of fused-ring (bicyclic) bond motifs is 2. The zero-order valence-electron chi connectivity index (χ0n) is 10.6. The van der Waals surface area contributed by atoms with E-state index >= 15 is 0 Å². The lowest BCUT2D eigenvalue weighted by molar-refractivity contribution is -0.134. The largest absolute Gasteiger partial charge is 0.341 e. The minimum atomic E-state index is 0. The molecule has 2 bridgehead atoms. The molecule has 3 nitrogen and oxygen atoms in total. The Morgan fingerprint density at radius 2 is 2.12 bits per heavy atom. The highest BCUT2D eigenvalue weighted by atomic mass is 35.5. The van der Waals surface area contributed by atoms with Crippen LogP contribution in [0.1, 0.15) is 26.2 Å². The van der Waals surface area contributed by atoms with E-state index in [1.165, 1.54) is 12.8 Å². The first-order valence-electron chi connectivity index (χ1n) is 6.24. The first-order chi connectivity index (χ1) is 7.70. The number of carbonyl (C=O) groups is 1. The standard InChI is InChI=1S/C12H22N2OS.ClH/c1-9(8-16-2)12(15)14-6-5-10-3-4-11(7-14)13-10;/h9-11,13H,3-8H2,1-2H3;1H. The second kappa shape index (κ2) is 6.86. The van der Waals surface area contributed by atoms with Gasteiger partial charge in [0.15, 0.2) is 0 Å². The molecule has 0 aliphatic carbocycles. The summed E-state index contributed by atoms with van der Waals surface area (Å²) in [7, 11) is 0. The number of carbonyl (C=O) groups excluding carboxylic acids is 1. The third-order valence-corrected chi connectivity index (χ3v) is 4.51. The van der Waals surface area contributed by atoms with Crippen molar-refractivity contribution in [2.75, 3.05) is 25.1 Å². The molecule has 0 aromatic heterocycles. The van der Waals surface area contributed by atoms with E-state index in [0.29, 0.717) is 18.0 Å². The molecule has 1 amide bonds. The van der Waals surface area contributed by atoms with Gasteiger partial charge in [-0.2, -0.15) is 11.8 Å². The molecule has 2 aliphatic heterocycles. The maximum absolute atomic E-state index is 12.2. The molecular weight excluding hydrogens is 256 g/mol. The van der Waals surface area contributed by atoms with Crippen molar-refractivity contribution in [3.63, 3.8) is 0 Å². The van der Waals surface area contributed by atoms with Crippen LogP contribution in [0, 0.1) is 5.92 Å². The lowest BCUT2D eigenvalue weighted by Crippen LogP contribution is -2.41. The number of hydrogen-bond acceptors (Lipinski definition) is 3. The van der Waals surface area contributed by atoms with Gasteiger partial charge in [-0.05, 0) is 25.5 Å². The van der Waals surface area contributed by atoms with Gasteiger partial charge < -0.3 is 10.2 Å². The Kier molecular flexibility index (Phi) is 6.10. The van der Waals surface area contributed by atoms with Crippen molar-refractivity contribution < 1.29 is 4.79 Å². The maximum atomic E-state index is 12.2. The molecule has 3 unspecified atom stereocenters. The zero-order chi connectivity index (χ0) is 11.5. The highest BCUT2D eigenvalue weighted by Gasteiger charge is 2.32. The number of rotatable bonds is 3. The smallest absolute Gasteiger partial charge is 0.226 e. The van der Waals surface area contributed by atoms with Crippen molar-refractivity contribution in [3.8, 4) is 0 Å².